The summed E-state index contributed by atoms with van der Waals surface area (Å²) in [4.78, 5) is 28.9. The van der Waals surface area contributed by atoms with Crippen molar-refractivity contribution in [3.8, 4) is 0 Å². The van der Waals surface area contributed by atoms with Gasteiger partial charge in [0.05, 0.1) is 5.92 Å². The summed E-state index contributed by atoms with van der Waals surface area (Å²) < 4.78 is 4.72. The summed E-state index contributed by atoms with van der Waals surface area (Å²) in [5.74, 6) is 0.224. The molecule has 7 heteroatoms. The van der Waals surface area contributed by atoms with Gasteiger partial charge in [-0.25, -0.2) is 4.63 Å². The molecule has 2 aliphatic rings. The van der Waals surface area contributed by atoms with E-state index in [0.29, 0.717) is 43.0 Å². The second-order valence-corrected chi connectivity index (χ2v) is 7.50. The summed E-state index contributed by atoms with van der Waals surface area (Å²) in [7, 11) is 1.82. The van der Waals surface area contributed by atoms with Gasteiger partial charge in [0.1, 0.15) is 11.0 Å². The van der Waals surface area contributed by atoms with E-state index >= 15 is 0 Å². The molecule has 0 N–H and O–H groups in total. The van der Waals surface area contributed by atoms with Gasteiger partial charge in [0.25, 0.3) is 0 Å². The number of nitrogens with zero attached hydrogens (tertiary/aromatic N) is 4. The molecule has 1 saturated carbocycles. The molecular weight excluding hydrogens is 332 g/mol. The molecule has 2 fully saturated rings. The molecule has 138 valence electrons. The molecule has 2 aromatic rings. The third-order valence-electron chi connectivity index (χ3n) is 5.67. The zero-order chi connectivity index (χ0) is 18.1. The van der Waals surface area contributed by atoms with Gasteiger partial charge in [0.15, 0.2) is 0 Å². The Hall–Kier alpha value is -2.44. The van der Waals surface area contributed by atoms with Gasteiger partial charge in [0, 0.05) is 32.6 Å². The third kappa shape index (κ3) is 3.30. The highest BCUT2D eigenvalue weighted by molar-refractivity contribution is 5.84. The van der Waals surface area contributed by atoms with Gasteiger partial charge in [-0.3, -0.25) is 9.59 Å². The monoisotopic (exact) mass is 356 g/mol. The fraction of sp³-hybridized carbons (Fsp3) is 0.579. The van der Waals surface area contributed by atoms with E-state index in [1.54, 1.807) is 4.90 Å². The number of benzene rings is 1. The second kappa shape index (κ2) is 7.05. The minimum Gasteiger partial charge on any atom is -0.341 e. The van der Waals surface area contributed by atoms with Crippen LogP contribution in [0, 0.1) is 5.92 Å². The Morgan fingerprint density at radius 3 is 2.81 bits per heavy atom. The van der Waals surface area contributed by atoms with Crippen LogP contribution in [0.3, 0.4) is 0 Å². The van der Waals surface area contributed by atoms with Crippen LogP contribution in [0.5, 0.6) is 0 Å². The second-order valence-electron chi connectivity index (χ2n) is 7.50. The first-order valence-corrected chi connectivity index (χ1v) is 9.37. The maximum absolute atomic E-state index is 12.9. The standard InChI is InChI=1S/C19H24N4O3/c1-22(11-13-6-8-16-17(10-13)21-26-20-16)19(25)14-7-9-18(24)23(12-14)15-4-2-3-5-15/h6,8,10,14-15H,2-5,7,9,11-12H2,1H3. The molecule has 1 unspecified atom stereocenters. The molecule has 0 radical (unpaired) electrons. The van der Waals surface area contributed by atoms with Crippen LogP contribution in [0.4, 0.5) is 0 Å². The number of hydrogen-bond acceptors (Lipinski definition) is 5. The Bertz CT molecular complexity index is 812. The van der Waals surface area contributed by atoms with Crippen molar-refractivity contribution < 1.29 is 14.2 Å². The lowest BCUT2D eigenvalue weighted by atomic mass is 9.94. The number of hydrogen-bond donors (Lipinski definition) is 0. The Labute approximate surface area is 152 Å². The van der Waals surface area contributed by atoms with E-state index in [0.717, 1.165) is 18.4 Å². The summed E-state index contributed by atoms with van der Waals surface area (Å²) in [5.41, 5.74) is 2.39. The Kier molecular flexibility index (Phi) is 4.61. The van der Waals surface area contributed by atoms with Crippen LogP contribution in [0.15, 0.2) is 22.8 Å². The van der Waals surface area contributed by atoms with Crippen LogP contribution < -0.4 is 0 Å². The highest BCUT2D eigenvalue weighted by Crippen LogP contribution is 2.29. The van der Waals surface area contributed by atoms with Crippen LogP contribution in [0.25, 0.3) is 11.0 Å². The molecule has 1 aromatic heterocycles. The molecular formula is C19H24N4O3. The number of amides is 2. The molecule has 2 amide bonds. The van der Waals surface area contributed by atoms with E-state index in [1.807, 2.05) is 30.1 Å². The van der Waals surface area contributed by atoms with Gasteiger partial charge in [-0.1, -0.05) is 18.9 Å². The molecule has 1 aliphatic carbocycles. The molecule has 7 nitrogen and oxygen atoms in total. The number of likely N-dealkylation sites (tertiary alicyclic amines) is 1. The molecule has 2 heterocycles. The van der Waals surface area contributed by atoms with Gasteiger partial charge in [0.2, 0.25) is 11.8 Å². The molecule has 26 heavy (non-hydrogen) atoms. The van der Waals surface area contributed by atoms with Crippen LogP contribution in [0.2, 0.25) is 0 Å². The van der Waals surface area contributed by atoms with Crippen molar-refractivity contribution in [1.82, 2.24) is 20.1 Å². The number of rotatable bonds is 4. The first kappa shape index (κ1) is 17.0. The van der Waals surface area contributed by atoms with Crippen molar-refractivity contribution in [3.05, 3.63) is 23.8 Å². The lowest BCUT2D eigenvalue weighted by Gasteiger charge is -2.37. The molecule has 1 aliphatic heterocycles. The van der Waals surface area contributed by atoms with E-state index in [4.69, 9.17) is 4.63 Å². The number of carbonyl (C=O) groups is 2. The van der Waals surface area contributed by atoms with Crippen LogP contribution in [0.1, 0.15) is 44.1 Å². The summed E-state index contributed by atoms with van der Waals surface area (Å²) in [6.45, 7) is 1.08. The number of fused-ring (bicyclic) bond motifs is 1. The fourth-order valence-corrected chi connectivity index (χ4v) is 4.23. The van der Waals surface area contributed by atoms with Crippen molar-refractivity contribution in [2.45, 2.75) is 51.1 Å². The highest BCUT2D eigenvalue weighted by Gasteiger charge is 2.36. The summed E-state index contributed by atoms with van der Waals surface area (Å²) >= 11 is 0. The molecule has 0 spiro atoms. The van der Waals surface area contributed by atoms with Crippen molar-refractivity contribution in [3.63, 3.8) is 0 Å². The average molecular weight is 356 g/mol. The maximum Gasteiger partial charge on any atom is 0.227 e. The first-order chi connectivity index (χ1) is 12.6. The van der Waals surface area contributed by atoms with Crippen molar-refractivity contribution in [1.29, 1.82) is 0 Å². The molecule has 0 bridgehead atoms. The van der Waals surface area contributed by atoms with E-state index in [1.165, 1.54) is 12.8 Å². The van der Waals surface area contributed by atoms with Crippen molar-refractivity contribution in [2.75, 3.05) is 13.6 Å². The van der Waals surface area contributed by atoms with Crippen LogP contribution in [-0.2, 0) is 16.1 Å². The Morgan fingerprint density at radius 1 is 1.23 bits per heavy atom. The number of carbonyl (C=O) groups excluding carboxylic acids is 2. The lowest BCUT2D eigenvalue weighted by molar-refractivity contribution is -0.144. The van der Waals surface area contributed by atoms with Gasteiger partial charge in [-0.2, -0.15) is 0 Å². The average Bonchev–Trinajstić information content (AvgIpc) is 3.32. The van der Waals surface area contributed by atoms with E-state index in [2.05, 4.69) is 10.3 Å². The van der Waals surface area contributed by atoms with Crippen molar-refractivity contribution in [2.24, 2.45) is 5.92 Å². The van der Waals surface area contributed by atoms with Gasteiger partial charge in [-0.05, 0) is 47.3 Å². The summed E-state index contributed by atoms with van der Waals surface area (Å²) in [5, 5.41) is 7.65. The van der Waals surface area contributed by atoms with E-state index in [9.17, 15) is 9.59 Å². The zero-order valence-electron chi connectivity index (χ0n) is 15.1. The molecule has 4 rings (SSSR count). The first-order valence-electron chi connectivity index (χ1n) is 9.37. The van der Waals surface area contributed by atoms with Crippen LogP contribution >= 0.6 is 0 Å². The summed E-state index contributed by atoms with van der Waals surface area (Å²) in [6, 6.07) is 6.02. The molecule has 1 atom stereocenters. The minimum absolute atomic E-state index is 0.101. The van der Waals surface area contributed by atoms with Gasteiger partial charge >= 0.3 is 0 Å². The largest absolute Gasteiger partial charge is 0.341 e. The SMILES string of the molecule is CN(Cc1ccc2nonc2c1)C(=O)C1CCC(=O)N(C2CCCC2)C1. The van der Waals surface area contributed by atoms with Gasteiger partial charge < -0.3 is 9.80 Å². The predicted molar refractivity (Wildman–Crippen MR) is 95.0 cm³/mol. The Balaban J connectivity index is 1.41. The van der Waals surface area contributed by atoms with Crippen LogP contribution in [-0.4, -0.2) is 51.6 Å². The highest BCUT2D eigenvalue weighted by atomic mass is 16.6. The smallest absolute Gasteiger partial charge is 0.227 e. The maximum atomic E-state index is 12.9. The number of piperidine rings is 1. The molecule has 1 aromatic carbocycles. The van der Waals surface area contributed by atoms with E-state index in [-0.39, 0.29) is 17.7 Å². The quantitative estimate of drug-likeness (QED) is 0.840. The Morgan fingerprint density at radius 2 is 2.00 bits per heavy atom. The fourth-order valence-electron chi connectivity index (χ4n) is 4.23. The van der Waals surface area contributed by atoms with Gasteiger partial charge in [-0.15, -0.1) is 0 Å². The number of aromatic nitrogens is 2. The molecule has 1 saturated heterocycles. The third-order valence-corrected chi connectivity index (χ3v) is 5.67. The zero-order valence-corrected chi connectivity index (χ0v) is 15.1. The predicted octanol–water partition coefficient (Wildman–Crippen LogP) is 2.36. The minimum atomic E-state index is -0.101. The summed E-state index contributed by atoms with van der Waals surface area (Å²) in [6.07, 6.45) is 5.66. The lowest BCUT2D eigenvalue weighted by Crippen LogP contribution is -2.49. The normalized spacial score (nSPS) is 21.5. The topological polar surface area (TPSA) is 79.5 Å². The van der Waals surface area contributed by atoms with Crippen molar-refractivity contribution >= 4 is 22.8 Å². The van der Waals surface area contributed by atoms with E-state index < -0.39 is 0 Å².